The topological polar surface area (TPSA) is 71.5 Å². The molecule has 1 atom stereocenters. The maximum Gasteiger partial charge on any atom is 0.407 e. The fourth-order valence-corrected chi connectivity index (χ4v) is 1.83. The third-order valence-corrected chi connectivity index (χ3v) is 2.61. The molecule has 0 saturated heterocycles. The number of rotatable bonds is 4. The van der Waals surface area contributed by atoms with Crippen molar-refractivity contribution in [2.24, 2.45) is 0 Å². The lowest BCUT2D eigenvalue weighted by Gasteiger charge is -2.22. The van der Waals surface area contributed by atoms with E-state index in [1.807, 2.05) is 18.2 Å². The Kier molecular flexibility index (Phi) is 5.75. The summed E-state index contributed by atoms with van der Waals surface area (Å²) in [6, 6.07) is 5.09. The number of hydrogen-bond acceptors (Lipinski definition) is 4. The number of nitrogens with one attached hydrogen (secondary N) is 1. The van der Waals surface area contributed by atoms with Crippen LogP contribution in [0.5, 0.6) is 0 Å². The summed E-state index contributed by atoms with van der Waals surface area (Å²) in [6.45, 7) is 5.19. The summed E-state index contributed by atoms with van der Waals surface area (Å²) in [4.78, 5) is 15.9. The molecule has 0 bridgehead atoms. The molecule has 0 aliphatic heterocycles. The van der Waals surface area contributed by atoms with Crippen LogP contribution in [0.15, 0.2) is 22.8 Å². The number of aromatic nitrogens is 1. The predicted molar refractivity (Wildman–Crippen MR) is 75.9 cm³/mol. The Morgan fingerprint density at radius 1 is 1.53 bits per heavy atom. The summed E-state index contributed by atoms with van der Waals surface area (Å²) in [5.41, 5.74) is 0.225. The normalized spacial score (nSPS) is 12.9. The van der Waals surface area contributed by atoms with E-state index in [4.69, 9.17) is 4.74 Å². The number of hydrogen-bond donors (Lipinski definition) is 2. The monoisotopic (exact) mass is 330 g/mol. The Bertz CT molecular complexity index is 432. The van der Waals surface area contributed by atoms with Gasteiger partial charge in [-0.2, -0.15) is 0 Å². The van der Waals surface area contributed by atoms with Gasteiger partial charge in [-0.25, -0.2) is 9.78 Å². The van der Waals surface area contributed by atoms with Crippen LogP contribution in [0.1, 0.15) is 26.5 Å². The molecule has 5 nitrogen and oxygen atoms in total. The summed E-state index contributed by atoms with van der Waals surface area (Å²) in [6.07, 6.45) is -0.101. The Hall–Kier alpha value is -1.14. The maximum atomic E-state index is 11.6. The van der Waals surface area contributed by atoms with Gasteiger partial charge in [-0.05, 0) is 48.8 Å². The molecule has 1 rings (SSSR count). The highest BCUT2D eigenvalue weighted by Gasteiger charge is 2.19. The van der Waals surface area contributed by atoms with Crippen LogP contribution < -0.4 is 5.32 Å². The first-order valence-corrected chi connectivity index (χ1v) is 6.81. The SMILES string of the molecule is CC(C)(C)OC(=O)NC(CO)Cc1cccc(Br)n1. The minimum absolute atomic E-state index is 0.173. The number of carbonyl (C=O) groups is 1. The van der Waals surface area contributed by atoms with Gasteiger partial charge in [-0.3, -0.25) is 0 Å². The van der Waals surface area contributed by atoms with Crippen molar-refractivity contribution < 1.29 is 14.6 Å². The van der Waals surface area contributed by atoms with E-state index in [0.29, 0.717) is 6.42 Å². The van der Waals surface area contributed by atoms with Crippen LogP contribution in [0.4, 0.5) is 4.79 Å². The second-order valence-corrected chi connectivity index (χ2v) is 5.99. The molecule has 0 radical (unpaired) electrons. The molecule has 106 valence electrons. The van der Waals surface area contributed by atoms with Gasteiger partial charge in [-0.15, -0.1) is 0 Å². The Morgan fingerprint density at radius 3 is 2.74 bits per heavy atom. The first-order chi connectivity index (χ1) is 8.80. The van der Waals surface area contributed by atoms with Crippen molar-refractivity contribution in [1.29, 1.82) is 0 Å². The predicted octanol–water partition coefficient (Wildman–Crippen LogP) is 2.27. The molecule has 0 aromatic carbocycles. The molecule has 1 aromatic heterocycles. The fourth-order valence-electron chi connectivity index (χ4n) is 1.45. The van der Waals surface area contributed by atoms with Gasteiger partial charge in [0.05, 0.1) is 12.6 Å². The average Bonchev–Trinajstić information content (AvgIpc) is 2.25. The molecule has 1 amide bonds. The molecule has 0 aliphatic carbocycles. The van der Waals surface area contributed by atoms with E-state index in [2.05, 4.69) is 26.2 Å². The Morgan fingerprint density at radius 2 is 2.21 bits per heavy atom. The maximum absolute atomic E-state index is 11.6. The van der Waals surface area contributed by atoms with Crippen molar-refractivity contribution >= 4 is 22.0 Å². The van der Waals surface area contributed by atoms with E-state index in [1.54, 1.807) is 20.8 Å². The van der Waals surface area contributed by atoms with Crippen molar-refractivity contribution in [3.05, 3.63) is 28.5 Å². The summed E-state index contributed by atoms with van der Waals surface area (Å²) in [5, 5.41) is 11.9. The number of alkyl carbamates (subject to hydrolysis) is 1. The molecule has 0 aliphatic rings. The van der Waals surface area contributed by atoms with Crippen LogP contribution in [-0.2, 0) is 11.2 Å². The van der Waals surface area contributed by atoms with Crippen molar-refractivity contribution in [2.45, 2.75) is 38.8 Å². The quantitative estimate of drug-likeness (QED) is 0.831. The highest BCUT2D eigenvalue weighted by Crippen LogP contribution is 2.09. The second-order valence-electron chi connectivity index (χ2n) is 5.18. The standard InChI is InChI=1S/C13H19BrN2O3/c1-13(2,3)19-12(18)16-10(8-17)7-9-5-4-6-11(14)15-9/h4-6,10,17H,7-8H2,1-3H3,(H,16,18). The fraction of sp³-hybridized carbons (Fsp3) is 0.538. The average molecular weight is 331 g/mol. The number of carbonyl (C=O) groups excluding carboxylic acids is 1. The third-order valence-electron chi connectivity index (χ3n) is 2.17. The number of aliphatic hydroxyl groups is 1. The van der Waals surface area contributed by atoms with E-state index in [-0.39, 0.29) is 6.61 Å². The molecular weight excluding hydrogens is 312 g/mol. The molecule has 0 saturated carbocycles. The van der Waals surface area contributed by atoms with Gasteiger partial charge < -0.3 is 15.2 Å². The lowest BCUT2D eigenvalue weighted by Crippen LogP contribution is -2.42. The van der Waals surface area contributed by atoms with E-state index in [1.165, 1.54) is 0 Å². The summed E-state index contributed by atoms with van der Waals surface area (Å²) in [7, 11) is 0. The number of aliphatic hydroxyl groups excluding tert-OH is 1. The summed E-state index contributed by atoms with van der Waals surface area (Å²) >= 11 is 3.28. The number of pyridine rings is 1. The second kappa shape index (κ2) is 6.86. The van der Waals surface area contributed by atoms with E-state index in [9.17, 15) is 9.90 Å². The van der Waals surface area contributed by atoms with Crippen LogP contribution in [0.3, 0.4) is 0 Å². The van der Waals surface area contributed by atoms with Crippen molar-refractivity contribution in [2.75, 3.05) is 6.61 Å². The van der Waals surface area contributed by atoms with Crippen molar-refractivity contribution in [1.82, 2.24) is 10.3 Å². The minimum atomic E-state index is -0.557. The molecular formula is C13H19BrN2O3. The number of nitrogens with zero attached hydrogens (tertiary/aromatic N) is 1. The number of amides is 1. The molecule has 2 N–H and O–H groups in total. The van der Waals surface area contributed by atoms with Crippen LogP contribution in [-0.4, -0.2) is 34.4 Å². The molecule has 1 heterocycles. The Balaban J connectivity index is 2.57. The van der Waals surface area contributed by atoms with Crippen LogP contribution in [0.25, 0.3) is 0 Å². The van der Waals surface area contributed by atoms with E-state index < -0.39 is 17.7 Å². The van der Waals surface area contributed by atoms with E-state index >= 15 is 0 Å². The van der Waals surface area contributed by atoms with Gasteiger partial charge in [-0.1, -0.05) is 6.07 Å². The first-order valence-electron chi connectivity index (χ1n) is 6.02. The van der Waals surface area contributed by atoms with Crippen LogP contribution in [0, 0.1) is 0 Å². The van der Waals surface area contributed by atoms with Gasteiger partial charge >= 0.3 is 6.09 Å². The summed E-state index contributed by atoms with van der Waals surface area (Å²) < 4.78 is 5.86. The van der Waals surface area contributed by atoms with Gasteiger partial charge in [0.1, 0.15) is 10.2 Å². The Labute approximate surface area is 121 Å². The van der Waals surface area contributed by atoms with E-state index in [0.717, 1.165) is 10.3 Å². The largest absolute Gasteiger partial charge is 0.444 e. The first kappa shape index (κ1) is 15.9. The zero-order valence-electron chi connectivity index (χ0n) is 11.3. The number of halogens is 1. The smallest absolute Gasteiger partial charge is 0.407 e. The van der Waals surface area contributed by atoms with Gasteiger partial charge in [0.15, 0.2) is 0 Å². The zero-order valence-corrected chi connectivity index (χ0v) is 12.9. The molecule has 0 fully saturated rings. The van der Waals surface area contributed by atoms with Gasteiger partial charge in [0.25, 0.3) is 0 Å². The lowest BCUT2D eigenvalue weighted by atomic mass is 10.1. The highest BCUT2D eigenvalue weighted by molar-refractivity contribution is 9.10. The van der Waals surface area contributed by atoms with Crippen molar-refractivity contribution in [3.63, 3.8) is 0 Å². The van der Waals surface area contributed by atoms with Gasteiger partial charge in [0, 0.05) is 12.1 Å². The van der Waals surface area contributed by atoms with Crippen LogP contribution in [0.2, 0.25) is 0 Å². The van der Waals surface area contributed by atoms with Gasteiger partial charge in [0.2, 0.25) is 0 Å². The highest BCUT2D eigenvalue weighted by atomic mass is 79.9. The van der Waals surface area contributed by atoms with Crippen LogP contribution >= 0.6 is 15.9 Å². The molecule has 19 heavy (non-hydrogen) atoms. The molecule has 0 spiro atoms. The number of ether oxygens (including phenoxy) is 1. The van der Waals surface area contributed by atoms with Crippen molar-refractivity contribution in [3.8, 4) is 0 Å². The summed E-state index contributed by atoms with van der Waals surface area (Å²) in [5.74, 6) is 0. The lowest BCUT2D eigenvalue weighted by molar-refractivity contribution is 0.0482. The minimum Gasteiger partial charge on any atom is -0.444 e. The third kappa shape index (κ3) is 6.54. The zero-order chi connectivity index (χ0) is 14.5. The molecule has 1 aromatic rings. The molecule has 1 unspecified atom stereocenters. The molecule has 6 heteroatoms.